The zero-order chi connectivity index (χ0) is 15.2. The largest absolute Gasteiger partial charge is 0.481 e. The monoisotopic (exact) mass is 279 g/mol. The van der Waals surface area contributed by atoms with Gasteiger partial charge in [0.1, 0.15) is 11.6 Å². The number of hydrogen-bond donors (Lipinski definition) is 2. The van der Waals surface area contributed by atoms with Crippen molar-refractivity contribution in [3.05, 3.63) is 18.1 Å². The fourth-order valence-corrected chi connectivity index (χ4v) is 2.24. The van der Waals surface area contributed by atoms with Crippen LogP contribution in [0.1, 0.15) is 45.9 Å². The third-order valence-corrected chi connectivity index (χ3v) is 3.51. The second kappa shape index (κ2) is 7.22. The zero-order valence-corrected chi connectivity index (χ0v) is 12.8. The number of anilines is 1. The number of aromatic nitrogens is 2. The topological polar surface area (TPSA) is 75.1 Å². The van der Waals surface area contributed by atoms with Crippen LogP contribution in [0.3, 0.4) is 0 Å². The van der Waals surface area contributed by atoms with E-state index < -0.39 is 5.97 Å². The highest BCUT2D eigenvalue weighted by atomic mass is 16.4. The standard InChI is InChI=1S/C15H25N3O2/c1-11-16-10-8-13(18-11)17-9-7-12(15(2,3)4)5-6-14(19)20/h8,10,12H,5-7,9H2,1-4H3,(H,19,20)(H,16,17,18). The van der Waals surface area contributed by atoms with E-state index in [9.17, 15) is 4.79 Å². The highest BCUT2D eigenvalue weighted by Gasteiger charge is 2.24. The Labute approximate surface area is 120 Å². The summed E-state index contributed by atoms with van der Waals surface area (Å²) in [6, 6.07) is 1.84. The molecule has 5 heteroatoms. The molecule has 0 aliphatic rings. The van der Waals surface area contributed by atoms with Gasteiger partial charge in [0.25, 0.3) is 0 Å². The smallest absolute Gasteiger partial charge is 0.303 e. The van der Waals surface area contributed by atoms with Gasteiger partial charge in [-0.3, -0.25) is 4.79 Å². The van der Waals surface area contributed by atoms with E-state index in [1.807, 2.05) is 13.0 Å². The maximum atomic E-state index is 10.7. The summed E-state index contributed by atoms with van der Waals surface area (Å²) in [5.74, 6) is 1.21. The quantitative estimate of drug-likeness (QED) is 0.802. The molecule has 5 nitrogen and oxygen atoms in total. The van der Waals surface area contributed by atoms with Crippen molar-refractivity contribution in [1.29, 1.82) is 0 Å². The van der Waals surface area contributed by atoms with Crippen molar-refractivity contribution in [2.45, 2.75) is 47.0 Å². The number of nitrogens with one attached hydrogen (secondary N) is 1. The summed E-state index contributed by atoms with van der Waals surface area (Å²) in [7, 11) is 0. The van der Waals surface area contributed by atoms with Crippen LogP contribution in [-0.2, 0) is 4.79 Å². The van der Waals surface area contributed by atoms with Crippen molar-refractivity contribution in [2.24, 2.45) is 11.3 Å². The number of aliphatic carboxylic acids is 1. The van der Waals surface area contributed by atoms with Crippen molar-refractivity contribution in [3.8, 4) is 0 Å². The van der Waals surface area contributed by atoms with Crippen LogP contribution in [0.2, 0.25) is 0 Å². The average molecular weight is 279 g/mol. The first kappa shape index (κ1) is 16.4. The molecule has 0 fully saturated rings. The van der Waals surface area contributed by atoms with Gasteiger partial charge in [0.15, 0.2) is 0 Å². The van der Waals surface area contributed by atoms with Crippen molar-refractivity contribution in [3.63, 3.8) is 0 Å². The lowest BCUT2D eigenvalue weighted by Gasteiger charge is -2.30. The van der Waals surface area contributed by atoms with Gasteiger partial charge in [0.2, 0.25) is 0 Å². The van der Waals surface area contributed by atoms with Gasteiger partial charge in [-0.25, -0.2) is 9.97 Å². The van der Waals surface area contributed by atoms with E-state index in [4.69, 9.17) is 5.11 Å². The molecule has 1 unspecified atom stereocenters. The molecule has 20 heavy (non-hydrogen) atoms. The first-order valence-electron chi connectivity index (χ1n) is 7.04. The average Bonchev–Trinajstić information content (AvgIpc) is 2.31. The summed E-state index contributed by atoms with van der Waals surface area (Å²) in [6.45, 7) is 9.13. The van der Waals surface area contributed by atoms with Crippen molar-refractivity contribution in [1.82, 2.24) is 9.97 Å². The fourth-order valence-electron chi connectivity index (χ4n) is 2.24. The Kier molecular flexibility index (Phi) is 5.92. The highest BCUT2D eigenvalue weighted by molar-refractivity contribution is 5.66. The molecule has 1 aromatic rings. The van der Waals surface area contributed by atoms with Gasteiger partial charge in [0.05, 0.1) is 0 Å². The molecule has 0 amide bonds. The Balaban J connectivity index is 2.48. The molecule has 0 saturated heterocycles. The van der Waals surface area contributed by atoms with Gasteiger partial charge in [0, 0.05) is 19.2 Å². The van der Waals surface area contributed by atoms with Gasteiger partial charge in [-0.2, -0.15) is 0 Å². The van der Waals surface area contributed by atoms with Crippen LogP contribution in [-0.4, -0.2) is 27.6 Å². The van der Waals surface area contributed by atoms with Crippen LogP contribution in [0.15, 0.2) is 12.3 Å². The van der Waals surface area contributed by atoms with Crippen LogP contribution in [0, 0.1) is 18.3 Å². The molecular weight excluding hydrogens is 254 g/mol. The Bertz CT molecular complexity index is 441. The Morgan fingerprint density at radius 2 is 2.10 bits per heavy atom. The molecular formula is C15H25N3O2. The Morgan fingerprint density at radius 3 is 2.65 bits per heavy atom. The molecule has 0 aromatic carbocycles. The van der Waals surface area contributed by atoms with Crippen molar-refractivity contribution < 1.29 is 9.90 Å². The number of carbonyl (C=O) groups is 1. The van der Waals surface area contributed by atoms with Crippen molar-refractivity contribution in [2.75, 3.05) is 11.9 Å². The molecule has 1 aromatic heterocycles. The van der Waals surface area contributed by atoms with Crippen LogP contribution in [0.25, 0.3) is 0 Å². The van der Waals surface area contributed by atoms with Crippen LogP contribution in [0.4, 0.5) is 5.82 Å². The number of carboxylic acid groups (broad SMARTS) is 1. The molecule has 0 spiro atoms. The molecule has 112 valence electrons. The molecule has 0 bridgehead atoms. The van der Waals surface area contributed by atoms with Gasteiger partial charge in [-0.1, -0.05) is 20.8 Å². The lowest BCUT2D eigenvalue weighted by atomic mass is 9.76. The van der Waals surface area contributed by atoms with E-state index in [0.29, 0.717) is 12.3 Å². The normalized spacial score (nSPS) is 13.0. The predicted octanol–water partition coefficient (Wildman–Crippen LogP) is 3.11. The van der Waals surface area contributed by atoms with Gasteiger partial charge in [-0.05, 0) is 37.2 Å². The number of carboxylic acids is 1. The van der Waals surface area contributed by atoms with Crippen LogP contribution in [0.5, 0.6) is 0 Å². The molecule has 0 aliphatic carbocycles. The molecule has 1 rings (SSSR count). The molecule has 0 saturated carbocycles. The summed E-state index contributed by atoms with van der Waals surface area (Å²) < 4.78 is 0. The van der Waals surface area contributed by atoms with E-state index >= 15 is 0 Å². The maximum absolute atomic E-state index is 10.7. The summed E-state index contributed by atoms with van der Waals surface area (Å²) in [5.41, 5.74) is 0.110. The molecule has 2 N–H and O–H groups in total. The highest BCUT2D eigenvalue weighted by Crippen LogP contribution is 2.32. The minimum Gasteiger partial charge on any atom is -0.481 e. The first-order valence-corrected chi connectivity index (χ1v) is 7.04. The second-order valence-electron chi connectivity index (χ2n) is 6.20. The summed E-state index contributed by atoms with van der Waals surface area (Å²) in [4.78, 5) is 19.1. The van der Waals surface area contributed by atoms with Crippen LogP contribution >= 0.6 is 0 Å². The number of aryl methyl sites for hydroxylation is 1. The third-order valence-electron chi connectivity index (χ3n) is 3.51. The lowest BCUT2D eigenvalue weighted by molar-refractivity contribution is -0.137. The lowest BCUT2D eigenvalue weighted by Crippen LogP contribution is -2.24. The van der Waals surface area contributed by atoms with Crippen molar-refractivity contribution >= 4 is 11.8 Å². The number of hydrogen-bond acceptors (Lipinski definition) is 4. The van der Waals surface area contributed by atoms with E-state index in [-0.39, 0.29) is 11.8 Å². The SMILES string of the molecule is Cc1nccc(NCCC(CCC(=O)O)C(C)(C)C)n1. The Morgan fingerprint density at radius 1 is 1.40 bits per heavy atom. The first-order chi connectivity index (χ1) is 9.29. The van der Waals surface area contributed by atoms with E-state index in [1.165, 1.54) is 0 Å². The summed E-state index contributed by atoms with van der Waals surface area (Å²) in [6.07, 6.45) is 3.61. The molecule has 0 radical (unpaired) electrons. The van der Waals surface area contributed by atoms with E-state index in [2.05, 4.69) is 36.1 Å². The Hall–Kier alpha value is -1.65. The van der Waals surface area contributed by atoms with Gasteiger partial charge in [-0.15, -0.1) is 0 Å². The number of nitrogens with zero attached hydrogens (tertiary/aromatic N) is 2. The second-order valence-corrected chi connectivity index (χ2v) is 6.20. The fraction of sp³-hybridized carbons (Fsp3) is 0.667. The summed E-state index contributed by atoms with van der Waals surface area (Å²) >= 11 is 0. The number of rotatable bonds is 7. The zero-order valence-electron chi connectivity index (χ0n) is 12.8. The van der Waals surface area contributed by atoms with Crippen LogP contribution < -0.4 is 5.32 Å². The molecule has 0 aliphatic heterocycles. The maximum Gasteiger partial charge on any atom is 0.303 e. The minimum atomic E-state index is -0.723. The predicted molar refractivity (Wildman–Crippen MR) is 79.7 cm³/mol. The molecule has 1 heterocycles. The van der Waals surface area contributed by atoms with Gasteiger partial charge >= 0.3 is 5.97 Å². The van der Waals surface area contributed by atoms with E-state index in [1.54, 1.807) is 6.20 Å². The third kappa shape index (κ3) is 5.99. The molecule has 1 atom stereocenters. The van der Waals surface area contributed by atoms with Gasteiger partial charge < -0.3 is 10.4 Å². The minimum absolute atomic E-state index is 0.110. The summed E-state index contributed by atoms with van der Waals surface area (Å²) in [5, 5.41) is 12.1. The van der Waals surface area contributed by atoms with E-state index in [0.717, 1.165) is 24.6 Å².